The molecule has 118 valence electrons. The highest BCUT2D eigenvalue weighted by atomic mass is 16.4. The van der Waals surface area contributed by atoms with Gasteiger partial charge in [-0.3, -0.25) is 4.79 Å². The van der Waals surface area contributed by atoms with Crippen molar-refractivity contribution in [3.05, 3.63) is 70.8 Å². The van der Waals surface area contributed by atoms with Gasteiger partial charge >= 0.3 is 5.97 Å². The van der Waals surface area contributed by atoms with Crippen molar-refractivity contribution >= 4 is 17.7 Å². The number of carbonyl (C=O) groups is 3. The van der Waals surface area contributed by atoms with Crippen molar-refractivity contribution in [3.8, 4) is 0 Å². The van der Waals surface area contributed by atoms with Gasteiger partial charge in [0.15, 0.2) is 5.78 Å². The lowest BCUT2D eigenvalue weighted by Crippen LogP contribution is -2.21. The molecule has 0 radical (unpaired) electrons. The molecule has 0 aliphatic carbocycles. The first-order chi connectivity index (χ1) is 11.0. The maximum absolute atomic E-state index is 12.4. The molecule has 0 saturated carbocycles. The van der Waals surface area contributed by atoms with E-state index in [9.17, 15) is 19.5 Å². The van der Waals surface area contributed by atoms with E-state index in [1.165, 1.54) is 12.1 Å². The largest absolute Gasteiger partial charge is 0.550 e. The maximum atomic E-state index is 12.4. The van der Waals surface area contributed by atoms with Gasteiger partial charge in [0.1, 0.15) is 0 Å². The molecule has 1 N–H and O–H groups in total. The number of hydrogen-bond acceptors (Lipinski definition) is 4. The number of aliphatic carboxylic acids is 1. The number of ketones is 1. The normalized spacial score (nSPS) is 10.3. The molecule has 2 aromatic carbocycles. The number of carboxylic acid groups (broad SMARTS) is 2. The molecule has 5 heteroatoms. The van der Waals surface area contributed by atoms with E-state index in [2.05, 4.69) is 0 Å². The van der Waals surface area contributed by atoms with Crippen molar-refractivity contribution in [1.29, 1.82) is 0 Å². The second kappa shape index (κ2) is 7.35. The van der Waals surface area contributed by atoms with Crippen LogP contribution in [0.5, 0.6) is 0 Å². The highest BCUT2D eigenvalue weighted by Gasteiger charge is 2.17. The van der Waals surface area contributed by atoms with Gasteiger partial charge < -0.3 is 15.0 Å². The van der Waals surface area contributed by atoms with Crippen molar-refractivity contribution in [2.45, 2.75) is 19.3 Å². The summed E-state index contributed by atoms with van der Waals surface area (Å²) in [5.74, 6) is -2.58. The van der Waals surface area contributed by atoms with Crippen LogP contribution >= 0.6 is 0 Å². The Hall–Kier alpha value is -2.95. The van der Waals surface area contributed by atoms with E-state index in [1.807, 2.05) is 0 Å². The molecule has 0 atom stereocenters. The van der Waals surface area contributed by atoms with Gasteiger partial charge in [-0.1, -0.05) is 42.5 Å². The van der Waals surface area contributed by atoms with Crippen molar-refractivity contribution < 1.29 is 24.6 Å². The fraction of sp³-hybridized carbons (Fsp3) is 0.167. The lowest BCUT2D eigenvalue weighted by Gasteiger charge is -2.07. The molecule has 2 rings (SSSR count). The van der Waals surface area contributed by atoms with Crippen LogP contribution in [0.15, 0.2) is 48.5 Å². The lowest BCUT2D eigenvalue weighted by molar-refractivity contribution is -0.305. The molecule has 0 aliphatic heterocycles. The van der Waals surface area contributed by atoms with Crippen LogP contribution < -0.4 is 5.11 Å². The number of rotatable bonds is 7. The van der Waals surface area contributed by atoms with E-state index in [0.29, 0.717) is 18.4 Å². The summed E-state index contributed by atoms with van der Waals surface area (Å²) in [6.07, 6.45) is 1.04. The Balaban J connectivity index is 2.15. The van der Waals surface area contributed by atoms with Gasteiger partial charge in [0.2, 0.25) is 0 Å². The second-order valence-corrected chi connectivity index (χ2v) is 5.10. The monoisotopic (exact) mass is 311 g/mol. The van der Waals surface area contributed by atoms with Crippen LogP contribution in [0, 0.1) is 0 Å². The van der Waals surface area contributed by atoms with Crippen molar-refractivity contribution in [2.24, 2.45) is 0 Å². The third-order valence-corrected chi connectivity index (χ3v) is 3.46. The van der Waals surface area contributed by atoms with Gasteiger partial charge in [-0.2, -0.15) is 0 Å². The van der Waals surface area contributed by atoms with Crippen molar-refractivity contribution in [3.63, 3.8) is 0 Å². The van der Waals surface area contributed by atoms with E-state index in [1.54, 1.807) is 36.4 Å². The minimum Gasteiger partial charge on any atom is -0.550 e. The minimum atomic E-state index is -1.15. The van der Waals surface area contributed by atoms with Crippen molar-refractivity contribution in [1.82, 2.24) is 0 Å². The Bertz CT molecular complexity index is 731. The Morgan fingerprint density at radius 1 is 0.913 bits per heavy atom. The molecule has 0 bridgehead atoms. The Kier molecular flexibility index (Phi) is 5.25. The third kappa shape index (κ3) is 4.26. The van der Waals surface area contributed by atoms with Crippen molar-refractivity contribution in [2.75, 3.05) is 0 Å². The summed E-state index contributed by atoms with van der Waals surface area (Å²) < 4.78 is 0. The number of carboxylic acids is 2. The second-order valence-electron chi connectivity index (χ2n) is 5.10. The standard InChI is InChI=1S/C18H16O5/c19-16(20)7-3-4-12-8-10-13(11-9-12)17(21)14-5-1-2-6-15(14)18(22)23/h1-2,5-6,8-11H,3-4,7H2,(H,19,20)(H,22,23)/p-1. The van der Waals surface area contributed by atoms with Gasteiger partial charge in [-0.05, 0) is 30.9 Å². The predicted molar refractivity (Wildman–Crippen MR) is 81.2 cm³/mol. The molecule has 0 aliphatic rings. The van der Waals surface area contributed by atoms with Gasteiger partial charge in [0.25, 0.3) is 0 Å². The Morgan fingerprint density at radius 2 is 1.52 bits per heavy atom. The molecule has 0 fully saturated rings. The summed E-state index contributed by atoms with van der Waals surface area (Å²) in [4.78, 5) is 34.0. The highest BCUT2D eigenvalue weighted by Crippen LogP contribution is 2.16. The van der Waals surface area contributed by atoms with Gasteiger partial charge in [0, 0.05) is 17.1 Å². The molecular formula is C18H15O5-. The fourth-order valence-electron chi connectivity index (χ4n) is 2.28. The van der Waals surface area contributed by atoms with Gasteiger partial charge in [-0.15, -0.1) is 0 Å². The predicted octanol–water partition coefficient (Wildman–Crippen LogP) is 1.69. The molecule has 23 heavy (non-hydrogen) atoms. The summed E-state index contributed by atoms with van der Waals surface area (Å²) in [7, 11) is 0. The van der Waals surface area contributed by atoms with E-state index in [4.69, 9.17) is 5.11 Å². The molecule has 0 amide bonds. The Morgan fingerprint density at radius 3 is 2.09 bits per heavy atom. The summed E-state index contributed by atoms with van der Waals surface area (Å²) in [6, 6.07) is 12.8. The van der Waals surface area contributed by atoms with E-state index in [0.717, 1.165) is 5.56 Å². The summed E-state index contributed by atoms with van der Waals surface area (Å²) in [5, 5.41) is 19.5. The van der Waals surface area contributed by atoms with Crippen LogP contribution in [0.2, 0.25) is 0 Å². The Labute approximate surface area is 133 Å². The summed E-state index contributed by atoms with van der Waals surface area (Å²) in [5.41, 5.74) is 1.41. The fourth-order valence-corrected chi connectivity index (χ4v) is 2.28. The van der Waals surface area contributed by atoms with E-state index < -0.39 is 11.9 Å². The molecule has 0 saturated heterocycles. The van der Waals surface area contributed by atoms with Crippen LogP contribution in [-0.4, -0.2) is 22.8 Å². The number of benzene rings is 2. The van der Waals surface area contributed by atoms with Crippen LogP contribution in [0.1, 0.15) is 44.7 Å². The zero-order valence-corrected chi connectivity index (χ0v) is 12.3. The van der Waals surface area contributed by atoms with Crippen LogP contribution in [0.25, 0.3) is 0 Å². The molecule has 0 unspecified atom stereocenters. The zero-order chi connectivity index (χ0) is 16.8. The molecule has 5 nitrogen and oxygen atoms in total. The molecular weight excluding hydrogens is 296 g/mol. The first kappa shape index (κ1) is 16.4. The van der Waals surface area contributed by atoms with Crippen LogP contribution in [0.4, 0.5) is 0 Å². The molecule has 0 aromatic heterocycles. The maximum Gasteiger partial charge on any atom is 0.336 e. The average molecular weight is 311 g/mol. The summed E-state index contributed by atoms with van der Waals surface area (Å²) >= 11 is 0. The van der Waals surface area contributed by atoms with E-state index in [-0.39, 0.29) is 23.3 Å². The number of aromatic carboxylic acids is 1. The smallest absolute Gasteiger partial charge is 0.336 e. The third-order valence-electron chi connectivity index (χ3n) is 3.46. The first-order valence-electron chi connectivity index (χ1n) is 7.15. The highest BCUT2D eigenvalue weighted by molar-refractivity contribution is 6.14. The van der Waals surface area contributed by atoms with Gasteiger partial charge in [-0.25, -0.2) is 4.79 Å². The number of carbonyl (C=O) groups excluding carboxylic acids is 2. The van der Waals surface area contributed by atoms with Gasteiger partial charge in [0.05, 0.1) is 5.56 Å². The summed E-state index contributed by atoms with van der Waals surface area (Å²) in [6.45, 7) is 0. The van der Waals surface area contributed by atoms with E-state index >= 15 is 0 Å². The molecule has 2 aromatic rings. The first-order valence-corrected chi connectivity index (χ1v) is 7.15. The number of aryl methyl sites for hydroxylation is 1. The van der Waals surface area contributed by atoms with Crippen LogP contribution in [0.3, 0.4) is 0 Å². The number of hydrogen-bond donors (Lipinski definition) is 1. The average Bonchev–Trinajstić information content (AvgIpc) is 2.54. The SMILES string of the molecule is O=C([O-])CCCc1ccc(C(=O)c2ccccc2C(=O)O)cc1. The lowest BCUT2D eigenvalue weighted by atomic mass is 9.97. The zero-order valence-electron chi connectivity index (χ0n) is 12.3. The molecule has 0 spiro atoms. The topological polar surface area (TPSA) is 94.5 Å². The van der Waals surface area contributed by atoms with Crippen LogP contribution in [-0.2, 0) is 11.2 Å². The quantitative estimate of drug-likeness (QED) is 0.785. The molecule has 0 heterocycles. The minimum absolute atomic E-state index is 0.00727.